The Kier molecular flexibility index (Phi) is 4.57. The number of furan rings is 1. The Hall–Kier alpha value is -1.49. The van der Waals surface area contributed by atoms with Crippen molar-refractivity contribution in [3.8, 4) is 0 Å². The summed E-state index contributed by atoms with van der Waals surface area (Å²) in [6.07, 6.45) is 2.27. The third-order valence-electron chi connectivity index (χ3n) is 4.07. The van der Waals surface area contributed by atoms with Crippen LogP contribution in [0.3, 0.4) is 0 Å². The van der Waals surface area contributed by atoms with E-state index in [1.54, 1.807) is 6.26 Å². The Morgan fingerprint density at radius 3 is 2.73 bits per heavy atom. The molecule has 0 aromatic carbocycles. The maximum atomic E-state index is 12.2. The van der Waals surface area contributed by atoms with Crippen molar-refractivity contribution in [3.05, 3.63) is 23.7 Å². The lowest BCUT2D eigenvalue weighted by Gasteiger charge is -2.42. The minimum absolute atomic E-state index is 0.132. The van der Waals surface area contributed by atoms with Gasteiger partial charge in [0.15, 0.2) is 0 Å². The number of hydrogen-bond acceptors (Lipinski definition) is 4. The Bertz CT molecular complexity index is 530. The van der Waals surface area contributed by atoms with Gasteiger partial charge in [0.25, 0.3) is 0 Å². The quantitative estimate of drug-likeness (QED) is 0.900. The van der Waals surface area contributed by atoms with Gasteiger partial charge in [0.05, 0.1) is 17.8 Å². The van der Waals surface area contributed by atoms with E-state index in [0.29, 0.717) is 0 Å². The van der Waals surface area contributed by atoms with E-state index in [-0.39, 0.29) is 12.0 Å². The number of carbonyl (C=O) groups is 1. The lowest BCUT2D eigenvalue weighted by molar-refractivity contribution is 0.0424. The molecule has 5 nitrogen and oxygen atoms in total. The molecule has 0 aliphatic carbocycles. The van der Waals surface area contributed by atoms with Gasteiger partial charge in [-0.25, -0.2) is 4.79 Å². The van der Waals surface area contributed by atoms with Crippen molar-refractivity contribution in [1.82, 2.24) is 10.6 Å². The summed E-state index contributed by atoms with van der Waals surface area (Å²) < 4.78 is 11.1. The monoisotopic (exact) mass is 308 g/mol. The van der Waals surface area contributed by atoms with Crippen LogP contribution in [0.25, 0.3) is 0 Å². The van der Waals surface area contributed by atoms with E-state index < -0.39 is 17.2 Å². The van der Waals surface area contributed by atoms with Crippen molar-refractivity contribution in [2.24, 2.45) is 5.92 Å². The average Bonchev–Trinajstić information content (AvgIpc) is 2.83. The molecule has 1 aliphatic rings. The third kappa shape index (κ3) is 3.46. The number of alkyl carbamates (subject to hydrolysis) is 1. The van der Waals surface area contributed by atoms with E-state index in [4.69, 9.17) is 9.15 Å². The molecule has 2 N–H and O–H groups in total. The second-order valence-electron chi connectivity index (χ2n) is 7.52. The summed E-state index contributed by atoms with van der Waals surface area (Å²) in [7, 11) is 0. The van der Waals surface area contributed by atoms with Gasteiger partial charge in [0.1, 0.15) is 11.4 Å². The lowest BCUT2D eigenvalue weighted by Crippen LogP contribution is -2.61. The molecule has 0 fully saturated rings. The minimum Gasteiger partial charge on any atom is -0.467 e. The largest absolute Gasteiger partial charge is 0.467 e. The van der Waals surface area contributed by atoms with Crippen LogP contribution in [0.4, 0.5) is 4.79 Å². The fraction of sp³-hybridized carbons (Fsp3) is 0.706. The molecule has 1 amide bonds. The van der Waals surface area contributed by atoms with Gasteiger partial charge in [0.2, 0.25) is 0 Å². The SMILES string of the molecule is CC(C)C(NC(=O)OC(C)(C)C)C1(C)NCCc2ccoc21. The van der Waals surface area contributed by atoms with Gasteiger partial charge in [-0.2, -0.15) is 0 Å². The molecule has 0 saturated heterocycles. The standard InChI is InChI=1S/C17H28N2O3/c1-11(2)13(19-15(20)22-16(3,4)5)17(6)14-12(7-9-18-17)8-10-21-14/h8,10-11,13,18H,7,9H2,1-6H3,(H,19,20). The molecule has 0 bridgehead atoms. The summed E-state index contributed by atoms with van der Waals surface area (Å²) in [6, 6.07) is 1.88. The van der Waals surface area contributed by atoms with Gasteiger partial charge in [0, 0.05) is 6.54 Å². The first-order valence-corrected chi connectivity index (χ1v) is 7.95. The summed E-state index contributed by atoms with van der Waals surface area (Å²) in [5.41, 5.74) is 0.253. The maximum Gasteiger partial charge on any atom is 0.407 e. The van der Waals surface area contributed by atoms with Crippen LogP contribution in [-0.2, 0) is 16.7 Å². The van der Waals surface area contributed by atoms with Gasteiger partial charge in [-0.1, -0.05) is 13.8 Å². The summed E-state index contributed by atoms with van der Waals surface area (Å²) in [4.78, 5) is 12.2. The highest BCUT2D eigenvalue weighted by molar-refractivity contribution is 5.68. The molecule has 0 radical (unpaired) electrons. The molecular weight excluding hydrogens is 280 g/mol. The fourth-order valence-electron chi connectivity index (χ4n) is 3.19. The highest BCUT2D eigenvalue weighted by Crippen LogP contribution is 2.35. The molecule has 2 heterocycles. The Balaban J connectivity index is 2.24. The molecule has 1 aliphatic heterocycles. The van der Waals surface area contributed by atoms with Crippen LogP contribution in [0.15, 0.2) is 16.7 Å². The van der Waals surface area contributed by atoms with E-state index >= 15 is 0 Å². The van der Waals surface area contributed by atoms with Crippen molar-refractivity contribution in [1.29, 1.82) is 0 Å². The van der Waals surface area contributed by atoms with E-state index in [1.165, 1.54) is 5.56 Å². The molecule has 5 heteroatoms. The van der Waals surface area contributed by atoms with Crippen LogP contribution >= 0.6 is 0 Å². The Morgan fingerprint density at radius 1 is 1.45 bits per heavy atom. The van der Waals surface area contributed by atoms with E-state index in [1.807, 2.05) is 26.8 Å². The molecule has 2 unspecified atom stereocenters. The summed E-state index contributed by atoms with van der Waals surface area (Å²) in [6.45, 7) is 12.7. The molecule has 124 valence electrons. The first-order valence-electron chi connectivity index (χ1n) is 7.95. The normalized spacial score (nSPS) is 23.0. The third-order valence-corrected chi connectivity index (χ3v) is 4.07. The zero-order valence-electron chi connectivity index (χ0n) is 14.4. The second kappa shape index (κ2) is 5.95. The van der Waals surface area contributed by atoms with Gasteiger partial charge in [-0.3, -0.25) is 0 Å². The minimum atomic E-state index is -0.512. The zero-order chi connectivity index (χ0) is 16.5. The average molecular weight is 308 g/mol. The van der Waals surface area contributed by atoms with E-state index in [0.717, 1.165) is 18.7 Å². The molecule has 22 heavy (non-hydrogen) atoms. The molecular formula is C17H28N2O3. The topological polar surface area (TPSA) is 63.5 Å². The predicted octanol–water partition coefficient (Wildman–Crippen LogP) is 3.19. The highest BCUT2D eigenvalue weighted by atomic mass is 16.6. The van der Waals surface area contributed by atoms with Crippen LogP contribution in [-0.4, -0.2) is 24.3 Å². The van der Waals surface area contributed by atoms with Gasteiger partial charge in [-0.05, 0) is 51.7 Å². The molecule has 0 spiro atoms. The molecule has 0 saturated carbocycles. The highest BCUT2D eigenvalue weighted by Gasteiger charge is 2.44. The number of nitrogens with one attached hydrogen (secondary N) is 2. The number of amides is 1. The van der Waals surface area contributed by atoms with Crippen LogP contribution in [0.5, 0.6) is 0 Å². The summed E-state index contributed by atoms with van der Waals surface area (Å²) in [5.74, 6) is 1.13. The number of carbonyl (C=O) groups excluding carboxylic acids is 1. The molecule has 1 aromatic heterocycles. The number of ether oxygens (including phenoxy) is 1. The number of fused-ring (bicyclic) bond motifs is 1. The lowest BCUT2D eigenvalue weighted by atomic mass is 9.79. The van der Waals surface area contributed by atoms with Crippen molar-refractivity contribution < 1.29 is 13.9 Å². The van der Waals surface area contributed by atoms with Crippen molar-refractivity contribution in [2.75, 3.05) is 6.54 Å². The van der Waals surface area contributed by atoms with Crippen molar-refractivity contribution in [2.45, 2.75) is 65.1 Å². The molecule has 2 rings (SSSR count). The van der Waals surface area contributed by atoms with Crippen LogP contribution in [0.2, 0.25) is 0 Å². The van der Waals surface area contributed by atoms with Crippen molar-refractivity contribution >= 4 is 6.09 Å². The molecule has 2 atom stereocenters. The van der Waals surface area contributed by atoms with Gasteiger partial charge in [-0.15, -0.1) is 0 Å². The van der Waals surface area contributed by atoms with E-state index in [2.05, 4.69) is 31.4 Å². The Labute approximate surface area is 132 Å². The molecule has 1 aromatic rings. The van der Waals surface area contributed by atoms with Crippen LogP contribution < -0.4 is 10.6 Å². The maximum absolute atomic E-state index is 12.2. The van der Waals surface area contributed by atoms with Crippen LogP contribution in [0, 0.1) is 5.92 Å². The zero-order valence-corrected chi connectivity index (χ0v) is 14.4. The smallest absolute Gasteiger partial charge is 0.407 e. The Morgan fingerprint density at radius 2 is 2.14 bits per heavy atom. The fourth-order valence-corrected chi connectivity index (χ4v) is 3.19. The van der Waals surface area contributed by atoms with Crippen LogP contribution in [0.1, 0.15) is 52.9 Å². The predicted molar refractivity (Wildman–Crippen MR) is 85.8 cm³/mol. The first-order chi connectivity index (χ1) is 10.1. The van der Waals surface area contributed by atoms with Gasteiger partial charge < -0.3 is 19.8 Å². The van der Waals surface area contributed by atoms with Gasteiger partial charge >= 0.3 is 6.09 Å². The summed E-state index contributed by atoms with van der Waals surface area (Å²) in [5, 5.41) is 6.55. The number of hydrogen-bond donors (Lipinski definition) is 2. The number of rotatable bonds is 3. The van der Waals surface area contributed by atoms with E-state index in [9.17, 15) is 4.79 Å². The second-order valence-corrected chi connectivity index (χ2v) is 7.52. The first kappa shape index (κ1) is 16.9. The van der Waals surface area contributed by atoms with Crippen molar-refractivity contribution in [3.63, 3.8) is 0 Å². The summed E-state index contributed by atoms with van der Waals surface area (Å²) >= 11 is 0.